The number of likely N-dealkylation sites (tertiary alicyclic amines) is 1. The molecule has 0 bridgehead atoms. The van der Waals surface area contributed by atoms with E-state index >= 15 is 0 Å². The molecule has 1 aliphatic carbocycles. The van der Waals surface area contributed by atoms with Gasteiger partial charge in [-0.2, -0.15) is 0 Å². The van der Waals surface area contributed by atoms with Crippen molar-refractivity contribution in [2.45, 2.75) is 38.9 Å². The van der Waals surface area contributed by atoms with Crippen molar-refractivity contribution in [2.75, 3.05) is 19.6 Å². The molecule has 20 heavy (non-hydrogen) atoms. The van der Waals surface area contributed by atoms with Gasteiger partial charge in [0, 0.05) is 19.0 Å². The first kappa shape index (κ1) is 15.3. The molecule has 1 aliphatic heterocycles. The van der Waals surface area contributed by atoms with Gasteiger partial charge < -0.3 is 20.4 Å². The van der Waals surface area contributed by atoms with Gasteiger partial charge in [0.2, 0.25) is 11.8 Å². The van der Waals surface area contributed by atoms with Crippen molar-refractivity contribution in [3.63, 3.8) is 0 Å². The third-order valence-electron chi connectivity index (χ3n) is 4.40. The molecule has 1 saturated heterocycles. The van der Waals surface area contributed by atoms with Gasteiger partial charge in [0.25, 0.3) is 0 Å². The predicted octanol–water partition coefficient (Wildman–Crippen LogP) is -0.651. The lowest BCUT2D eigenvalue weighted by molar-refractivity contribution is -0.133. The Balaban J connectivity index is 1.83. The third kappa shape index (κ3) is 3.30. The Morgan fingerprint density at radius 3 is 2.10 bits per heavy atom. The summed E-state index contributed by atoms with van der Waals surface area (Å²) in [5.74, 6) is 0.184. The van der Waals surface area contributed by atoms with Gasteiger partial charge in [0.15, 0.2) is 0 Å². The monoisotopic (exact) mass is 284 g/mol. The second-order valence-corrected chi connectivity index (χ2v) is 6.30. The molecule has 2 fully saturated rings. The van der Waals surface area contributed by atoms with Crippen LogP contribution >= 0.6 is 0 Å². The number of nitrogens with one attached hydrogen (secondary N) is 1. The van der Waals surface area contributed by atoms with Crippen LogP contribution in [0.25, 0.3) is 0 Å². The second-order valence-electron chi connectivity index (χ2n) is 6.30. The molecule has 2 rings (SSSR count). The molecule has 0 spiro atoms. The van der Waals surface area contributed by atoms with E-state index in [0.29, 0.717) is 25.9 Å². The molecule has 6 nitrogen and oxygen atoms in total. The number of nitrogens with zero attached hydrogens (tertiary/aromatic N) is 1. The van der Waals surface area contributed by atoms with Gasteiger partial charge in [-0.25, -0.2) is 0 Å². The Morgan fingerprint density at radius 2 is 1.65 bits per heavy atom. The van der Waals surface area contributed by atoms with E-state index < -0.39 is 12.2 Å². The zero-order valence-corrected chi connectivity index (χ0v) is 12.1. The van der Waals surface area contributed by atoms with Crippen LogP contribution in [0.5, 0.6) is 0 Å². The van der Waals surface area contributed by atoms with Crippen LogP contribution < -0.4 is 5.32 Å². The summed E-state index contributed by atoms with van der Waals surface area (Å²) in [7, 11) is 0. The Bertz CT molecular complexity index is 367. The van der Waals surface area contributed by atoms with Crippen molar-refractivity contribution < 1.29 is 19.8 Å². The number of hydrogen-bond acceptors (Lipinski definition) is 4. The number of aliphatic hydroxyl groups excluding tert-OH is 2. The van der Waals surface area contributed by atoms with Crippen LogP contribution in [0.3, 0.4) is 0 Å². The smallest absolute Gasteiger partial charge is 0.241 e. The van der Waals surface area contributed by atoms with E-state index in [1.807, 2.05) is 0 Å². The summed E-state index contributed by atoms with van der Waals surface area (Å²) in [5, 5.41) is 22.0. The largest absolute Gasteiger partial charge is 0.390 e. The average Bonchev–Trinajstić information content (AvgIpc) is 2.78. The summed E-state index contributed by atoms with van der Waals surface area (Å²) in [6.07, 6.45) is -0.249. The lowest BCUT2D eigenvalue weighted by Gasteiger charge is -2.31. The van der Waals surface area contributed by atoms with Crippen molar-refractivity contribution in [3.8, 4) is 0 Å². The maximum Gasteiger partial charge on any atom is 0.241 e. The Hall–Kier alpha value is -1.14. The first-order valence-corrected chi connectivity index (χ1v) is 7.30. The molecule has 0 aromatic rings. The summed E-state index contributed by atoms with van der Waals surface area (Å²) in [6.45, 7) is 4.83. The molecule has 0 aromatic heterocycles. The van der Waals surface area contributed by atoms with E-state index in [1.54, 1.807) is 18.7 Å². The van der Waals surface area contributed by atoms with Crippen LogP contribution in [-0.4, -0.2) is 58.8 Å². The normalized spacial score (nSPS) is 33.1. The molecule has 6 heteroatoms. The fraction of sp³-hybridized carbons (Fsp3) is 0.857. The highest BCUT2D eigenvalue weighted by molar-refractivity contribution is 5.85. The van der Waals surface area contributed by atoms with Crippen molar-refractivity contribution in [2.24, 2.45) is 17.8 Å². The molecule has 1 saturated carbocycles. The van der Waals surface area contributed by atoms with Crippen molar-refractivity contribution >= 4 is 11.8 Å². The van der Waals surface area contributed by atoms with Crippen LogP contribution in [0.15, 0.2) is 0 Å². The molecule has 1 heterocycles. The minimum Gasteiger partial charge on any atom is -0.390 e. The number of amides is 2. The number of aliphatic hydroxyl groups is 2. The van der Waals surface area contributed by atoms with E-state index in [0.717, 1.165) is 0 Å². The average molecular weight is 284 g/mol. The van der Waals surface area contributed by atoms with Gasteiger partial charge in [-0.3, -0.25) is 9.59 Å². The van der Waals surface area contributed by atoms with Crippen molar-refractivity contribution in [3.05, 3.63) is 0 Å². The Kier molecular flexibility index (Phi) is 4.65. The fourth-order valence-electron chi connectivity index (χ4n) is 3.09. The number of fused-ring (bicyclic) bond motifs is 1. The zero-order valence-electron chi connectivity index (χ0n) is 12.1. The van der Waals surface area contributed by atoms with Gasteiger partial charge in [-0.1, -0.05) is 13.8 Å². The molecule has 2 aliphatic rings. The highest BCUT2D eigenvalue weighted by Crippen LogP contribution is 2.36. The molecule has 3 N–H and O–H groups in total. The minimum atomic E-state index is -0.674. The fourth-order valence-corrected chi connectivity index (χ4v) is 3.09. The highest BCUT2D eigenvalue weighted by Gasteiger charge is 2.42. The molecular weight excluding hydrogens is 260 g/mol. The van der Waals surface area contributed by atoms with Gasteiger partial charge in [0.1, 0.15) is 0 Å². The van der Waals surface area contributed by atoms with Crippen LogP contribution in [0.2, 0.25) is 0 Å². The number of hydrogen-bond donors (Lipinski definition) is 3. The van der Waals surface area contributed by atoms with Crippen LogP contribution in [0.4, 0.5) is 0 Å². The Labute approximate surface area is 119 Å². The van der Waals surface area contributed by atoms with E-state index in [-0.39, 0.29) is 36.1 Å². The third-order valence-corrected chi connectivity index (χ3v) is 4.40. The van der Waals surface area contributed by atoms with Gasteiger partial charge in [-0.15, -0.1) is 0 Å². The van der Waals surface area contributed by atoms with E-state index in [4.69, 9.17) is 0 Å². The minimum absolute atomic E-state index is 0.0293. The summed E-state index contributed by atoms with van der Waals surface area (Å²) < 4.78 is 0. The van der Waals surface area contributed by atoms with Gasteiger partial charge in [0.05, 0.1) is 18.8 Å². The second kappa shape index (κ2) is 6.10. The molecule has 114 valence electrons. The highest BCUT2D eigenvalue weighted by atomic mass is 16.3. The lowest BCUT2D eigenvalue weighted by atomic mass is 9.79. The maximum atomic E-state index is 12.1. The van der Waals surface area contributed by atoms with Crippen LogP contribution in [0, 0.1) is 17.8 Å². The molecule has 2 amide bonds. The van der Waals surface area contributed by atoms with E-state index in [2.05, 4.69) is 5.32 Å². The molecule has 0 unspecified atom stereocenters. The predicted molar refractivity (Wildman–Crippen MR) is 72.7 cm³/mol. The zero-order chi connectivity index (χ0) is 14.9. The summed E-state index contributed by atoms with van der Waals surface area (Å²) >= 11 is 0. The summed E-state index contributed by atoms with van der Waals surface area (Å²) in [5.41, 5.74) is 0. The quantitative estimate of drug-likeness (QED) is 0.642. The Morgan fingerprint density at radius 1 is 1.15 bits per heavy atom. The summed E-state index contributed by atoms with van der Waals surface area (Å²) in [6, 6.07) is 0. The van der Waals surface area contributed by atoms with Gasteiger partial charge >= 0.3 is 0 Å². The molecule has 0 radical (unpaired) electrons. The molecule has 0 aromatic carbocycles. The standard InChI is InChI=1S/C14H24N2O4/c1-8(2)14(20)15-5-13(19)16-6-9-3-11(17)12(18)4-10(9)7-16/h8-12,17-18H,3-7H2,1-2H3,(H,15,20)/t9-,10+,11-,12-/m0/s1. The summed E-state index contributed by atoms with van der Waals surface area (Å²) in [4.78, 5) is 25.3. The number of carbonyl (C=O) groups is 2. The van der Waals surface area contributed by atoms with Crippen LogP contribution in [-0.2, 0) is 9.59 Å². The lowest BCUT2D eigenvalue weighted by Crippen LogP contribution is -2.40. The first-order chi connectivity index (χ1) is 9.38. The van der Waals surface area contributed by atoms with Crippen molar-refractivity contribution in [1.29, 1.82) is 0 Å². The number of carbonyl (C=O) groups excluding carboxylic acids is 2. The van der Waals surface area contributed by atoms with E-state index in [1.165, 1.54) is 0 Å². The molecule has 4 atom stereocenters. The topological polar surface area (TPSA) is 89.9 Å². The SMILES string of the molecule is CC(C)C(=O)NCC(=O)N1C[C@H]2C[C@H](O)[C@@H](O)C[C@H]2C1. The van der Waals surface area contributed by atoms with E-state index in [9.17, 15) is 19.8 Å². The number of rotatable bonds is 3. The van der Waals surface area contributed by atoms with Crippen LogP contribution in [0.1, 0.15) is 26.7 Å². The first-order valence-electron chi connectivity index (χ1n) is 7.30. The molecular formula is C14H24N2O4. The maximum absolute atomic E-state index is 12.1. The van der Waals surface area contributed by atoms with Gasteiger partial charge in [-0.05, 0) is 24.7 Å². The van der Waals surface area contributed by atoms with Crippen molar-refractivity contribution in [1.82, 2.24) is 10.2 Å².